The van der Waals surface area contributed by atoms with Gasteiger partial charge < -0.3 is 66.6 Å². The molecule has 0 saturated carbocycles. The quantitative estimate of drug-likeness (QED) is 0.0317. The van der Waals surface area contributed by atoms with Gasteiger partial charge in [-0.15, -0.1) is 11.3 Å². The average Bonchev–Trinajstić information content (AvgIpc) is 1.64. The molecule has 2 fully saturated rings. The first-order valence-electron chi connectivity index (χ1n) is 30.5. The van der Waals surface area contributed by atoms with E-state index in [1.807, 2.05) is 36.1 Å². The maximum absolute atomic E-state index is 14.7. The topological polar surface area (TPSA) is 206 Å². The van der Waals surface area contributed by atoms with Crippen LogP contribution in [0, 0.1) is 12.7 Å². The van der Waals surface area contributed by atoms with Crippen molar-refractivity contribution in [2.45, 2.75) is 83.8 Å². The number of fused-ring (bicyclic) bond motifs is 7. The van der Waals surface area contributed by atoms with Gasteiger partial charge in [0.05, 0.1) is 114 Å². The van der Waals surface area contributed by atoms with Gasteiger partial charge in [0.1, 0.15) is 59.1 Å². The van der Waals surface area contributed by atoms with Gasteiger partial charge in [-0.1, -0.05) is 29.8 Å². The predicted molar refractivity (Wildman–Crippen MR) is 334 cm³/mol. The second-order valence-electron chi connectivity index (χ2n) is 22.8. The third kappa shape index (κ3) is 19.6. The van der Waals surface area contributed by atoms with Gasteiger partial charge in [-0.3, -0.25) is 9.69 Å². The van der Waals surface area contributed by atoms with Crippen LogP contribution in [0.25, 0.3) is 31.8 Å². The van der Waals surface area contributed by atoms with Gasteiger partial charge in [0.25, 0.3) is 0 Å². The number of halogens is 2. The fraction of sp³-hybridized carbons (Fsp3) is 0.538. The Bertz CT molecular complexity index is 3220. The number of nitrogens with zero attached hydrogens (tertiary/aromatic N) is 7. The monoisotopic (exact) mass is 1270 g/mol. The van der Waals surface area contributed by atoms with E-state index in [9.17, 15) is 14.0 Å². The number of carbonyl (C=O) groups excluding carboxylic acids is 2. The summed E-state index contributed by atoms with van der Waals surface area (Å²) in [6, 6.07) is 17.0. The second kappa shape index (κ2) is 33.7. The molecule has 482 valence electrons. The standard InChI is InChI=1S/C65H83ClFN7O14S/c1-44-51-14-16-54(59(44)66)86-50(40-73-23-21-72(5)22-24-73)42-84-49-13-15-53(46(38-49)39-55(64(76)88-65(2,3)4)87-62-58-57(51)60(89-63(58)70-43-69-62)45-9-11-47(67)12-10-45)85-41-48-17-19-68-61(71-48)52-8-7-20-74(52)56(75)18-25-78-28-29-80-32-33-82-36-37-83-35-34-81-31-30-79-27-26-77-6/h9-17,19,38,43,50,52,55H,7-8,18,20-37,39-42H2,1-6H3/t50-,52-,55-/m1/s1. The van der Waals surface area contributed by atoms with Crippen LogP contribution in [-0.4, -0.2) is 210 Å². The third-order valence-electron chi connectivity index (χ3n) is 15.1. The van der Waals surface area contributed by atoms with Crippen molar-refractivity contribution in [1.82, 2.24) is 34.6 Å². The molecule has 4 bridgehead atoms. The smallest absolute Gasteiger partial charge is 0.348 e. The van der Waals surface area contributed by atoms with Crippen molar-refractivity contribution in [1.29, 1.82) is 0 Å². The molecule has 0 aliphatic carbocycles. The summed E-state index contributed by atoms with van der Waals surface area (Å²) in [7, 11) is 3.76. The lowest BCUT2D eigenvalue weighted by Gasteiger charge is -2.34. The number of likely N-dealkylation sites (tertiary alicyclic amines) is 1. The van der Waals surface area contributed by atoms with E-state index in [0.29, 0.717) is 154 Å². The van der Waals surface area contributed by atoms with Crippen molar-refractivity contribution in [3.63, 3.8) is 0 Å². The zero-order valence-corrected chi connectivity index (χ0v) is 53.4. The molecule has 7 heterocycles. The minimum absolute atomic E-state index is 0.0243. The molecule has 3 aromatic heterocycles. The summed E-state index contributed by atoms with van der Waals surface area (Å²) in [5.74, 6) is 1.01. The van der Waals surface area contributed by atoms with Gasteiger partial charge in [0, 0.05) is 75.0 Å². The normalized spacial score (nSPS) is 17.5. The first kappa shape index (κ1) is 67.2. The van der Waals surface area contributed by atoms with Crippen LogP contribution in [0.2, 0.25) is 5.02 Å². The number of hydrogen-bond acceptors (Lipinski definition) is 21. The fourth-order valence-corrected chi connectivity index (χ4v) is 11.9. The lowest BCUT2D eigenvalue weighted by atomic mass is 9.96. The number of piperazine rings is 1. The molecule has 4 aliphatic rings. The van der Waals surface area contributed by atoms with Crippen molar-refractivity contribution < 1.29 is 70.8 Å². The molecular formula is C65H83ClFN7O14S. The van der Waals surface area contributed by atoms with Gasteiger partial charge in [0.15, 0.2) is 5.82 Å². The Morgan fingerprint density at radius 2 is 1.46 bits per heavy atom. The molecule has 24 heteroatoms. The molecule has 3 aromatic carbocycles. The number of carbonyl (C=O) groups is 2. The minimum Gasteiger partial charge on any atom is -0.490 e. The van der Waals surface area contributed by atoms with Crippen LogP contribution in [0.3, 0.4) is 0 Å². The Morgan fingerprint density at radius 3 is 2.13 bits per heavy atom. The van der Waals surface area contributed by atoms with E-state index in [-0.39, 0.29) is 56.3 Å². The van der Waals surface area contributed by atoms with Crippen molar-refractivity contribution in [3.8, 4) is 44.7 Å². The van der Waals surface area contributed by atoms with Gasteiger partial charge in [-0.05, 0) is 107 Å². The lowest BCUT2D eigenvalue weighted by molar-refractivity contribution is -0.163. The number of methoxy groups -OCH3 is 1. The van der Waals surface area contributed by atoms with E-state index >= 15 is 0 Å². The Kier molecular flexibility index (Phi) is 25.5. The number of rotatable bonds is 29. The summed E-state index contributed by atoms with van der Waals surface area (Å²) in [5.41, 5.74) is 3.17. The summed E-state index contributed by atoms with van der Waals surface area (Å²) < 4.78 is 85.9. The Morgan fingerprint density at radius 1 is 0.787 bits per heavy atom. The Hall–Kier alpha value is -6.22. The van der Waals surface area contributed by atoms with E-state index in [1.165, 1.54) is 29.8 Å². The first-order valence-corrected chi connectivity index (χ1v) is 31.7. The van der Waals surface area contributed by atoms with Crippen LogP contribution >= 0.6 is 22.9 Å². The molecule has 0 N–H and O–H groups in total. The molecule has 6 aromatic rings. The van der Waals surface area contributed by atoms with E-state index in [0.717, 1.165) is 54.2 Å². The maximum Gasteiger partial charge on any atom is 0.348 e. The van der Waals surface area contributed by atoms with Crippen molar-refractivity contribution in [2.24, 2.45) is 0 Å². The third-order valence-corrected chi connectivity index (χ3v) is 16.7. The van der Waals surface area contributed by atoms with Crippen LogP contribution in [0.15, 0.2) is 73.2 Å². The van der Waals surface area contributed by atoms with Gasteiger partial charge in [-0.2, -0.15) is 0 Å². The largest absolute Gasteiger partial charge is 0.490 e. The predicted octanol–water partition coefficient (Wildman–Crippen LogP) is 9.01. The van der Waals surface area contributed by atoms with Crippen molar-refractivity contribution >= 4 is 45.0 Å². The average molecular weight is 1270 g/mol. The zero-order chi connectivity index (χ0) is 62.5. The van der Waals surface area contributed by atoms with E-state index < -0.39 is 23.8 Å². The Labute approximate surface area is 529 Å². The maximum atomic E-state index is 14.7. The van der Waals surface area contributed by atoms with Gasteiger partial charge in [-0.25, -0.2) is 29.1 Å². The fourth-order valence-electron chi connectivity index (χ4n) is 10.5. The number of aromatic nitrogens is 4. The van der Waals surface area contributed by atoms with Crippen LogP contribution in [0.5, 0.6) is 23.1 Å². The number of amides is 1. The van der Waals surface area contributed by atoms with E-state index in [2.05, 4.69) is 21.8 Å². The summed E-state index contributed by atoms with van der Waals surface area (Å²) in [6.07, 6.45) is 3.00. The lowest BCUT2D eigenvalue weighted by Crippen LogP contribution is -2.49. The van der Waals surface area contributed by atoms with E-state index in [4.69, 9.17) is 83.4 Å². The van der Waals surface area contributed by atoms with Crippen LogP contribution in [0.1, 0.15) is 68.7 Å². The number of ether oxygens (including phenoxy) is 12. The Balaban J connectivity index is 0.879. The first-order chi connectivity index (χ1) is 43.2. The molecule has 0 unspecified atom stereocenters. The number of hydrogen-bond donors (Lipinski definition) is 0. The molecule has 3 atom stereocenters. The number of esters is 1. The zero-order valence-electron chi connectivity index (χ0n) is 51.8. The molecular weight excluding hydrogens is 1190 g/mol. The molecule has 4 aliphatic heterocycles. The SMILES string of the molecule is COCCOCCOCCOCCOCCOCCOCCC(=O)N1CCC[C@@H]1c1nccc(COc2ccc3cc2C[C@H](C(=O)OC(C)(C)C)Oc2ncnc4sc(-c5ccc(F)cc5)c(c24)-c2ccc(c(Cl)c2C)O[C@H](CN2CCN(C)CC2)CO3)n1. The molecule has 0 radical (unpaired) electrons. The summed E-state index contributed by atoms with van der Waals surface area (Å²) in [4.78, 5) is 55.2. The highest BCUT2D eigenvalue weighted by molar-refractivity contribution is 7.22. The van der Waals surface area contributed by atoms with Gasteiger partial charge >= 0.3 is 5.97 Å². The molecule has 21 nitrogen and oxygen atoms in total. The summed E-state index contributed by atoms with van der Waals surface area (Å²) in [5, 5.41) is 0.944. The summed E-state index contributed by atoms with van der Waals surface area (Å²) in [6.45, 7) is 18.0. The highest BCUT2D eigenvalue weighted by atomic mass is 35.5. The second-order valence-corrected chi connectivity index (χ2v) is 24.2. The molecule has 1 amide bonds. The van der Waals surface area contributed by atoms with Crippen LogP contribution < -0.4 is 18.9 Å². The molecule has 2 saturated heterocycles. The number of thiophene rings is 1. The van der Waals surface area contributed by atoms with Crippen molar-refractivity contribution in [3.05, 3.63) is 107 Å². The van der Waals surface area contributed by atoms with Crippen LogP contribution in [-0.2, 0) is 60.5 Å². The molecule has 10 rings (SSSR count). The van der Waals surface area contributed by atoms with Crippen molar-refractivity contribution in [2.75, 3.05) is 146 Å². The summed E-state index contributed by atoms with van der Waals surface area (Å²) >= 11 is 8.74. The minimum atomic E-state index is -1.28. The van der Waals surface area contributed by atoms with E-state index in [1.54, 1.807) is 58.3 Å². The van der Waals surface area contributed by atoms with Crippen LogP contribution in [0.4, 0.5) is 4.39 Å². The van der Waals surface area contributed by atoms with Gasteiger partial charge in [0.2, 0.25) is 17.9 Å². The highest BCUT2D eigenvalue weighted by Gasteiger charge is 2.34. The molecule has 0 spiro atoms. The highest BCUT2D eigenvalue weighted by Crippen LogP contribution is 2.50. The number of likely N-dealkylation sites (N-methyl/N-ethyl adjacent to an activating group) is 1. The number of benzene rings is 3. The molecule has 89 heavy (non-hydrogen) atoms.